The molecule has 1 amide bonds. The van der Waals surface area contributed by atoms with Gasteiger partial charge in [-0.2, -0.15) is 0 Å². The molecule has 1 aromatic carbocycles. The van der Waals surface area contributed by atoms with Gasteiger partial charge in [-0.15, -0.1) is 0 Å². The Hall–Kier alpha value is -2.57. The van der Waals surface area contributed by atoms with Crippen LogP contribution in [0.5, 0.6) is 0 Å². The van der Waals surface area contributed by atoms with Gasteiger partial charge in [0.05, 0.1) is 5.92 Å². The van der Waals surface area contributed by atoms with E-state index in [-0.39, 0.29) is 19.6 Å². The molecular weight excluding hydrogens is 278 g/mol. The summed E-state index contributed by atoms with van der Waals surface area (Å²) in [6, 6.07) is 7.79. The number of hydrogen-bond donors (Lipinski definition) is 2. The predicted molar refractivity (Wildman–Crippen MR) is 70.5 cm³/mol. The first kappa shape index (κ1) is 14.8. The molecule has 0 bridgehead atoms. The summed E-state index contributed by atoms with van der Waals surface area (Å²) in [5, 5.41) is 18.0. The summed E-state index contributed by atoms with van der Waals surface area (Å²) in [5.74, 6) is -3.22. The van der Waals surface area contributed by atoms with Gasteiger partial charge in [-0.1, -0.05) is 30.3 Å². The number of carbonyl (C=O) groups excluding carboxylic acids is 1. The predicted octanol–water partition coefficient (Wildman–Crippen LogP) is 1.18. The van der Waals surface area contributed by atoms with E-state index in [1.165, 1.54) is 0 Å². The van der Waals surface area contributed by atoms with Gasteiger partial charge in [-0.3, -0.25) is 9.69 Å². The second-order valence-corrected chi connectivity index (χ2v) is 4.82. The number of rotatable bonds is 4. The van der Waals surface area contributed by atoms with E-state index in [4.69, 9.17) is 14.9 Å². The van der Waals surface area contributed by atoms with Crippen molar-refractivity contribution in [2.45, 2.75) is 19.1 Å². The van der Waals surface area contributed by atoms with Crippen molar-refractivity contribution >= 4 is 18.0 Å². The molecule has 1 saturated heterocycles. The number of amides is 1. The lowest BCUT2D eigenvalue weighted by Crippen LogP contribution is -2.40. The molecule has 1 heterocycles. The van der Waals surface area contributed by atoms with Crippen LogP contribution in [0.4, 0.5) is 4.79 Å². The number of carboxylic acid groups (broad SMARTS) is 2. The van der Waals surface area contributed by atoms with E-state index in [1.807, 2.05) is 6.07 Å². The molecule has 7 heteroatoms. The Morgan fingerprint density at radius 2 is 1.81 bits per heavy atom. The summed E-state index contributed by atoms with van der Waals surface area (Å²) >= 11 is 0. The lowest BCUT2D eigenvalue weighted by molar-refractivity contribution is -0.141. The van der Waals surface area contributed by atoms with Gasteiger partial charge in [0.1, 0.15) is 12.6 Å². The van der Waals surface area contributed by atoms with Crippen LogP contribution in [0.2, 0.25) is 0 Å². The van der Waals surface area contributed by atoms with Crippen LogP contribution in [0.1, 0.15) is 12.0 Å². The van der Waals surface area contributed by atoms with Crippen LogP contribution in [0.15, 0.2) is 30.3 Å². The van der Waals surface area contributed by atoms with Gasteiger partial charge in [0.2, 0.25) is 0 Å². The van der Waals surface area contributed by atoms with Crippen molar-refractivity contribution in [3.05, 3.63) is 35.9 Å². The average Bonchev–Trinajstić information content (AvgIpc) is 2.91. The Bertz CT molecular complexity index is 544. The second kappa shape index (κ2) is 6.25. The van der Waals surface area contributed by atoms with Gasteiger partial charge in [0, 0.05) is 6.54 Å². The Kier molecular flexibility index (Phi) is 4.42. The first-order valence-corrected chi connectivity index (χ1v) is 6.42. The van der Waals surface area contributed by atoms with Crippen LogP contribution in [0.25, 0.3) is 0 Å². The molecule has 2 N–H and O–H groups in total. The maximum atomic E-state index is 11.9. The van der Waals surface area contributed by atoms with E-state index in [1.54, 1.807) is 24.3 Å². The van der Waals surface area contributed by atoms with Crippen molar-refractivity contribution in [2.75, 3.05) is 6.54 Å². The fourth-order valence-corrected chi connectivity index (χ4v) is 2.25. The van der Waals surface area contributed by atoms with Crippen LogP contribution in [-0.4, -0.2) is 45.7 Å². The molecule has 112 valence electrons. The molecule has 1 aliphatic rings. The quantitative estimate of drug-likeness (QED) is 0.864. The summed E-state index contributed by atoms with van der Waals surface area (Å²) in [7, 11) is 0. The summed E-state index contributed by atoms with van der Waals surface area (Å²) in [4.78, 5) is 35.0. The zero-order valence-corrected chi connectivity index (χ0v) is 11.1. The summed E-state index contributed by atoms with van der Waals surface area (Å²) < 4.78 is 5.05. The Morgan fingerprint density at radius 1 is 1.14 bits per heavy atom. The van der Waals surface area contributed by atoms with Gasteiger partial charge in [0.25, 0.3) is 0 Å². The molecule has 2 atom stereocenters. The molecule has 1 unspecified atom stereocenters. The van der Waals surface area contributed by atoms with Crippen molar-refractivity contribution in [3.8, 4) is 0 Å². The number of carbonyl (C=O) groups is 3. The molecule has 7 nitrogen and oxygen atoms in total. The van der Waals surface area contributed by atoms with E-state index in [9.17, 15) is 14.4 Å². The van der Waals surface area contributed by atoms with E-state index in [0.717, 1.165) is 10.5 Å². The molecule has 0 aromatic heterocycles. The highest BCUT2D eigenvalue weighted by Crippen LogP contribution is 2.24. The molecule has 0 spiro atoms. The standard InChI is InChI=1S/C14H15NO6/c16-12(17)10-6-11(13(18)19)15(7-10)14(20)21-8-9-4-2-1-3-5-9/h1-5,10-11H,6-8H2,(H,16,17)(H,18,19)/t10?,11-/m0/s1. The fraction of sp³-hybridized carbons (Fsp3) is 0.357. The van der Waals surface area contributed by atoms with E-state index >= 15 is 0 Å². The van der Waals surface area contributed by atoms with Crippen molar-refractivity contribution in [1.82, 2.24) is 4.90 Å². The summed E-state index contributed by atoms with van der Waals surface area (Å²) in [5.41, 5.74) is 0.770. The van der Waals surface area contributed by atoms with Gasteiger partial charge in [-0.25, -0.2) is 9.59 Å². The Morgan fingerprint density at radius 3 is 2.38 bits per heavy atom. The highest BCUT2D eigenvalue weighted by Gasteiger charge is 2.43. The van der Waals surface area contributed by atoms with E-state index < -0.39 is 30.0 Å². The summed E-state index contributed by atoms with van der Waals surface area (Å²) in [6.45, 7) is -0.139. The average molecular weight is 293 g/mol. The van der Waals surface area contributed by atoms with Crippen LogP contribution >= 0.6 is 0 Å². The van der Waals surface area contributed by atoms with Crippen molar-refractivity contribution in [2.24, 2.45) is 5.92 Å². The number of nitrogens with zero attached hydrogens (tertiary/aromatic N) is 1. The highest BCUT2D eigenvalue weighted by molar-refractivity contribution is 5.83. The maximum Gasteiger partial charge on any atom is 0.410 e. The van der Waals surface area contributed by atoms with Gasteiger partial charge in [-0.05, 0) is 12.0 Å². The van der Waals surface area contributed by atoms with Gasteiger partial charge < -0.3 is 14.9 Å². The largest absolute Gasteiger partial charge is 0.481 e. The molecule has 0 saturated carbocycles. The zero-order chi connectivity index (χ0) is 15.4. The van der Waals surface area contributed by atoms with Crippen LogP contribution in [-0.2, 0) is 20.9 Å². The smallest absolute Gasteiger partial charge is 0.410 e. The minimum atomic E-state index is -1.23. The number of carboxylic acids is 2. The molecule has 2 rings (SSSR count). The SMILES string of the molecule is O=C(O)C1C[C@@H](C(=O)O)N(C(=O)OCc2ccccc2)C1. The third kappa shape index (κ3) is 3.50. The lowest BCUT2D eigenvalue weighted by atomic mass is 10.1. The molecule has 21 heavy (non-hydrogen) atoms. The number of benzene rings is 1. The highest BCUT2D eigenvalue weighted by atomic mass is 16.6. The van der Waals surface area contributed by atoms with Gasteiger partial charge in [0.15, 0.2) is 0 Å². The normalized spacial score (nSPS) is 21.0. The van der Waals surface area contributed by atoms with Crippen molar-refractivity contribution in [1.29, 1.82) is 0 Å². The molecule has 1 aliphatic heterocycles. The van der Waals surface area contributed by atoms with Crippen LogP contribution in [0, 0.1) is 5.92 Å². The minimum Gasteiger partial charge on any atom is -0.481 e. The Balaban J connectivity index is 1.99. The van der Waals surface area contributed by atoms with Gasteiger partial charge >= 0.3 is 18.0 Å². The number of ether oxygens (including phenoxy) is 1. The molecule has 1 fully saturated rings. The third-order valence-corrected chi connectivity index (χ3v) is 3.38. The first-order valence-electron chi connectivity index (χ1n) is 6.42. The topological polar surface area (TPSA) is 104 Å². The third-order valence-electron chi connectivity index (χ3n) is 3.38. The molecule has 0 radical (unpaired) electrons. The molecular formula is C14H15NO6. The van der Waals surface area contributed by atoms with E-state index in [2.05, 4.69) is 0 Å². The van der Waals surface area contributed by atoms with Crippen molar-refractivity contribution < 1.29 is 29.3 Å². The van der Waals surface area contributed by atoms with Crippen LogP contribution in [0.3, 0.4) is 0 Å². The molecule has 0 aliphatic carbocycles. The maximum absolute atomic E-state index is 11.9. The molecule has 1 aromatic rings. The fourth-order valence-electron chi connectivity index (χ4n) is 2.25. The number of aliphatic carboxylic acids is 2. The first-order chi connectivity index (χ1) is 9.99. The van der Waals surface area contributed by atoms with E-state index in [0.29, 0.717) is 0 Å². The van der Waals surface area contributed by atoms with Crippen molar-refractivity contribution in [3.63, 3.8) is 0 Å². The Labute approximate surface area is 120 Å². The van der Waals surface area contributed by atoms with Crippen LogP contribution < -0.4 is 0 Å². The minimum absolute atomic E-state index is 0.0141. The lowest BCUT2D eigenvalue weighted by Gasteiger charge is -2.20. The zero-order valence-electron chi connectivity index (χ0n) is 11.1. The summed E-state index contributed by atoms with van der Waals surface area (Å²) in [6.07, 6.45) is -0.916. The second-order valence-electron chi connectivity index (χ2n) is 4.82. The number of hydrogen-bond acceptors (Lipinski definition) is 4. The monoisotopic (exact) mass is 293 g/mol. The number of likely N-dealkylation sites (tertiary alicyclic amines) is 1.